The molecule has 0 fully saturated rings. The van der Waals surface area contributed by atoms with Crippen LogP contribution in [0.1, 0.15) is 5.76 Å². The summed E-state index contributed by atoms with van der Waals surface area (Å²) in [5.74, 6) is 0.931. The van der Waals surface area contributed by atoms with Gasteiger partial charge in [0.25, 0.3) is 0 Å². The van der Waals surface area contributed by atoms with Crippen LogP contribution in [0.5, 0.6) is 0 Å². The molecule has 2 N–H and O–H groups in total. The molecule has 2 rings (SSSR count). The number of halogens is 2. The molecular formula is C13H14Cl2N2O. The Labute approximate surface area is 116 Å². The minimum atomic E-state index is 0.633. The van der Waals surface area contributed by atoms with Gasteiger partial charge >= 0.3 is 0 Å². The van der Waals surface area contributed by atoms with Gasteiger partial charge in [0.2, 0.25) is 0 Å². The zero-order chi connectivity index (χ0) is 12.8. The molecule has 0 amide bonds. The molecule has 0 radical (unpaired) electrons. The third-order valence-electron chi connectivity index (χ3n) is 2.37. The molecule has 96 valence electrons. The zero-order valence-electron chi connectivity index (χ0n) is 9.75. The van der Waals surface area contributed by atoms with Crippen LogP contribution in [0.3, 0.4) is 0 Å². The van der Waals surface area contributed by atoms with E-state index in [2.05, 4.69) is 10.6 Å². The van der Waals surface area contributed by atoms with Crippen molar-refractivity contribution in [2.24, 2.45) is 0 Å². The molecule has 1 heterocycles. The maximum atomic E-state index is 5.91. The van der Waals surface area contributed by atoms with Gasteiger partial charge in [0, 0.05) is 28.8 Å². The molecule has 1 aromatic heterocycles. The highest BCUT2D eigenvalue weighted by Gasteiger charge is 1.98. The summed E-state index contributed by atoms with van der Waals surface area (Å²) in [6, 6.07) is 9.23. The fourth-order valence-electron chi connectivity index (χ4n) is 1.58. The van der Waals surface area contributed by atoms with Gasteiger partial charge in [-0.3, -0.25) is 0 Å². The summed E-state index contributed by atoms with van der Waals surface area (Å²) in [5, 5.41) is 7.78. The van der Waals surface area contributed by atoms with Crippen molar-refractivity contribution >= 4 is 28.9 Å². The second kappa shape index (κ2) is 6.69. The lowest BCUT2D eigenvalue weighted by molar-refractivity contribution is 0.486. The van der Waals surface area contributed by atoms with E-state index in [0.717, 1.165) is 31.1 Å². The Bertz CT molecular complexity index is 465. The highest BCUT2D eigenvalue weighted by Crippen LogP contribution is 2.22. The average molecular weight is 285 g/mol. The van der Waals surface area contributed by atoms with Crippen LogP contribution in [-0.2, 0) is 6.54 Å². The number of benzene rings is 1. The van der Waals surface area contributed by atoms with Crippen molar-refractivity contribution in [2.45, 2.75) is 6.54 Å². The third-order valence-corrected chi connectivity index (χ3v) is 2.81. The summed E-state index contributed by atoms with van der Waals surface area (Å²) >= 11 is 11.8. The molecule has 1 aromatic carbocycles. The number of hydrogen-bond donors (Lipinski definition) is 2. The first-order valence-corrected chi connectivity index (χ1v) is 6.43. The highest BCUT2D eigenvalue weighted by molar-refractivity contribution is 6.35. The van der Waals surface area contributed by atoms with Crippen molar-refractivity contribution in [3.63, 3.8) is 0 Å². The molecule has 0 aliphatic heterocycles. The van der Waals surface area contributed by atoms with Crippen LogP contribution in [0, 0.1) is 0 Å². The van der Waals surface area contributed by atoms with Gasteiger partial charge in [-0.2, -0.15) is 0 Å². The molecule has 0 aliphatic carbocycles. The van der Waals surface area contributed by atoms with Crippen molar-refractivity contribution in [3.05, 3.63) is 52.4 Å². The molecule has 0 atom stereocenters. The maximum Gasteiger partial charge on any atom is 0.117 e. The van der Waals surface area contributed by atoms with E-state index < -0.39 is 0 Å². The van der Waals surface area contributed by atoms with Crippen LogP contribution in [0.15, 0.2) is 41.0 Å². The molecule has 0 bridgehead atoms. The summed E-state index contributed by atoms with van der Waals surface area (Å²) in [5.41, 5.74) is 0.923. The van der Waals surface area contributed by atoms with Gasteiger partial charge < -0.3 is 15.1 Å². The number of rotatable bonds is 6. The van der Waals surface area contributed by atoms with E-state index in [1.54, 1.807) is 12.3 Å². The summed E-state index contributed by atoms with van der Waals surface area (Å²) < 4.78 is 5.21. The van der Waals surface area contributed by atoms with Crippen molar-refractivity contribution < 1.29 is 4.42 Å². The first-order chi connectivity index (χ1) is 8.74. The SMILES string of the molecule is Clc1cc(Cl)cc(NCCNCc2ccco2)c1. The van der Waals surface area contributed by atoms with Crippen LogP contribution in [0.2, 0.25) is 10.0 Å². The Morgan fingerprint density at radius 2 is 1.83 bits per heavy atom. The van der Waals surface area contributed by atoms with Crippen LogP contribution < -0.4 is 10.6 Å². The topological polar surface area (TPSA) is 37.2 Å². The molecular weight excluding hydrogens is 271 g/mol. The van der Waals surface area contributed by atoms with Gasteiger partial charge in [-0.25, -0.2) is 0 Å². The van der Waals surface area contributed by atoms with Crippen LogP contribution in [0.25, 0.3) is 0 Å². The Morgan fingerprint density at radius 3 is 2.50 bits per heavy atom. The van der Waals surface area contributed by atoms with E-state index >= 15 is 0 Å². The van der Waals surface area contributed by atoms with E-state index in [0.29, 0.717) is 10.0 Å². The van der Waals surface area contributed by atoms with E-state index in [-0.39, 0.29) is 0 Å². The van der Waals surface area contributed by atoms with Crippen molar-refractivity contribution in [1.82, 2.24) is 5.32 Å². The fraction of sp³-hybridized carbons (Fsp3) is 0.231. The first kappa shape index (κ1) is 13.3. The second-order valence-corrected chi connectivity index (χ2v) is 4.71. The van der Waals surface area contributed by atoms with Crippen LogP contribution in [-0.4, -0.2) is 13.1 Å². The number of anilines is 1. The van der Waals surface area contributed by atoms with Gasteiger partial charge in [-0.05, 0) is 30.3 Å². The Kier molecular flexibility index (Phi) is 4.93. The van der Waals surface area contributed by atoms with Gasteiger partial charge in [0.05, 0.1) is 12.8 Å². The summed E-state index contributed by atoms with van der Waals surface area (Å²) in [7, 11) is 0. The monoisotopic (exact) mass is 284 g/mol. The lowest BCUT2D eigenvalue weighted by atomic mass is 10.3. The standard InChI is InChI=1S/C13H14Cl2N2O/c14-10-6-11(15)8-12(7-10)17-4-3-16-9-13-2-1-5-18-13/h1-2,5-8,16-17H,3-4,9H2. The van der Waals surface area contributed by atoms with E-state index in [1.165, 1.54) is 0 Å². The van der Waals surface area contributed by atoms with Crippen molar-refractivity contribution in [3.8, 4) is 0 Å². The predicted octanol–water partition coefficient (Wildman–Crippen LogP) is 3.79. The van der Waals surface area contributed by atoms with Gasteiger partial charge in [-0.1, -0.05) is 23.2 Å². The first-order valence-electron chi connectivity index (χ1n) is 5.67. The fourth-order valence-corrected chi connectivity index (χ4v) is 2.10. The van der Waals surface area contributed by atoms with Crippen LogP contribution >= 0.6 is 23.2 Å². The zero-order valence-corrected chi connectivity index (χ0v) is 11.3. The second-order valence-electron chi connectivity index (χ2n) is 3.84. The van der Waals surface area contributed by atoms with Gasteiger partial charge in [0.15, 0.2) is 0 Å². The lowest BCUT2D eigenvalue weighted by Crippen LogP contribution is -2.21. The molecule has 0 aliphatic rings. The van der Waals surface area contributed by atoms with E-state index in [9.17, 15) is 0 Å². The molecule has 5 heteroatoms. The Morgan fingerprint density at radius 1 is 1.06 bits per heavy atom. The molecule has 0 saturated carbocycles. The average Bonchev–Trinajstić information content (AvgIpc) is 2.80. The van der Waals surface area contributed by atoms with E-state index in [1.807, 2.05) is 24.3 Å². The predicted molar refractivity (Wildman–Crippen MR) is 75.4 cm³/mol. The third kappa shape index (κ3) is 4.26. The van der Waals surface area contributed by atoms with Gasteiger partial charge in [0.1, 0.15) is 5.76 Å². The molecule has 0 spiro atoms. The Hall–Kier alpha value is -1.16. The van der Waals surface area contributed by atoms with Crippen molar-refractivity contribution in [2.75, 3.05) is 18.4 Å². The number of furan rings is 1. The van der Waals surface area contributed by atoms with Crippen molar-refractivity contribution in [1.29, 1.82) is 0 Å². The minimum Gasteiger partial charge on any atom is -0.468 e. The van der Waals surface area contributed by atoms with E-state index in [4.69, 9.17) is 27.6 Å². The highest BCUT2D eigenvalue weighted by atomic mass is 35.5. The lowest BCUT2D eigenvalue weighted by Gasteiger charge is -2.08. The number of nitrogens with one attached hydrogen (secondary N) is 2. The summed E-state index contributed by atoms with van der Waals surface area (Å²) in [6.07, 6.45) is 1.67. The van der Waals surface area contributed by atoms with Gasteiger partial charge in [-0.15, -0.1) is 0 Å². The molecule has 2 aromatic rings. The largest absolute Gasteiger partial charge is 0.468 e. The Balaban J connectivity index is 1.68. The maximum absolute atomic E-state index is 5.91. The molecule has 0 saturated heterocycles. The molecule has 0 unspecified atom stereocenters. The molecule has 3 nitrogen and oxygen atoms in total. The van der Waals surface area contributed by atoms with Crippen LogP contribution in [0.4, 0.5) is 5.69 Å². The minimum absolute atomic E-state index is 0.633. The number of hydrogen-bond acceptors (Lipinski definition) is 3. The summed E-state index contributed by atoms with van der Waals surface area (Å²) in [6.45, 7) is 2.34. The molecule has 18 heavy (non-hydrogen) atoms. The normalized spacial score (nSPS) is 10.6. The quantitative estimate of drug-likeness (QED) is 0.793. The summed E-state index contributed by atoms with van der Waals surface area (Å²) in [4.78, 5) is 0. The smallest absolute Gasteiger partial charge is 0.117 e.